The number of nitrogens with zero attached hydrogens (tertiary/aromatic N) is 3. The Morgan fingerprint density at radius 2 is 2.25 bits per heavy atom. The largest absolute Gasteiger partial charge is 0.424 e. The summed E-state index contributed by atoms with van der Waals surface area (Å²) in [5.74, 6) is 2.63. The molecule has 3 rings (SSSR count). The number of carbonyl (C=O) groups excluding carboxylic acids is 1. The van der Waals surface area contributed by atoms with E-state index < -0.39 is 0 Å². The van der Waals surface area contributed by atoms with E-state index in [1.165, 1.54) is 19.3 Å². The van der Waals surface area contributed by atoms with Gasteiger partial charge < -0.3 is 9.73 Å². The zero-order valence-electron chi connectivity index (χ0n) is 12.0. The van der Waals surface area contributed by atoms with Gasteiger partial charge in [-0.2, -0.15) is 0 Å². The Labute approximate surface area is 118 Å². The minimum absolute atomic E-state index is 0.0492. The Morgan fingerprint density at radius 1 is 1.40 bits per heavy atom. The average Bonchev–Trinajstić information content (AvgIpc) is 3.18. The minimum atomic E-state index is 0.0492. The Morgan fingerprint density at radius 3 is 3.00 bits per heavy atom. The molecule has 1 N–H and O–H groups in total. The first-order valence-corrected chi connectivity index (χ1v) is 7.50. The summed E-state index contributed by atoms with van der Waals surface area (Å²) in [5.41, 5.74) is 0. The van der Waals surface area contributed by atoms with Crippen molar-refractivity contribution in [3.63, 3.8) is 0 Å². The second kappa shape index (κ2) is 5.91. The summed E-state index contributed by atoms with van der Waals surface area (Å²) in [7, 11) is 0. The highest BCUT2D eigenvalue weighted by atomic mass is 16.4. The molecule has 1 aromatic rings. The Kier molecular flexibility index (Phi) is 4.00. The van der Waals surface area contributed by atoms with Gasteiger partial charge >= 0.3 is 0 Å². The number of hydrogen-bond acceptors (Lipinski definition) is 5. The Balaban J connectivity index is 1.49. The molecule has 2 heterocycles. The van der Waals surface area contributed by atoms with Crippen LogP contribution >= 0.6 is 0 Å². The smallest absolute Gasteiger partial charge is 0.230 e. The summed E-state index contributed by atoms with van der Waals surface area (Å²) in [5, 5.41) is 11.2. The van der Waals surface area contributed by atoms with E-state index in [0.717, 1.165) is 44.4 Å². The first-order chi connectivity index (χ1) is 9.70. The minimum Gasteiger partial charge on any atom is -0.424 e. The first-order valence-electron chi connectivity index (χ1n) is 7.50. The normalized spacial score (nSPS) is 23.8. The monoisotopic (exact) mass is 278 g/mol. The molecule has 6 heteroatoms. The number of aromatic nitrogens is 2. The van der Waals surface area contributed by atoms with Gasteiger partial charge in [-0.25, -0.2) is 0 Å². The molecule has 110 valence electrons. The summed E-state index contributed by atoms with van der Waals surface area (Å²) in [6.07, 6.45) is 4.70. The molecule has 1 unspecified atom stereocenters. The topological polar surface area (TPSA) is 71.3 Å². The van der Waals surface area contributed by atoms with Gasteiger partial charge in [-0.1, -0.05) is 0 Å². The zero-order chi connectivity index (χ0) is 13.9. The zero-order valence-corrected chi connectivity index (χ0v) is 12.0. The predicted octanol–water partition coefficient (Wildman–Crippen LogP) is 1.30. The molecule has 1 aliphatic carbocycles. The van der Waals surface area contributed by atoms with Gasteiger partial charge in [0.05, 0.1) is 6.54 Å². The van der Waals surface area contributed by atoms with Crippen LogP contribution in [0.15, 0.2) is 4.42 Å². The third-order valence-corrected chi connectivity index (χ3v) is 4.01. The van der Waals surface area contributed by atoms with Gasteiger partial charge in [-0.05, 0) is 38.1 Å². The lowest BCUT2D eigenvalue weighted by Crippen LogP contribution is -2.40. The molecular formula is C14H22N4O2. The fourth-order valence-corrected chi connectivity index (χ4v) is 2.77. The Bertz CT molecular complexity index is 469. The lowest BCUT2D eigenvalue weighted by molar-refractivity contribution is -0.119. The van der Waals surface area contributed by atoms with Crippen molar-refractivity contribution in [3.05, 3.63) is 11.8 Å². The van der Waals surface area contributed by atoms with Crippen LogP contribution < -0.4 is 5.32 Å². The maximum Gasteiger partial charge on any atom is 0.230 e. The van der Waals surface area contributed by atoms with Crippen LogP contribution in [0.25, 0.3) is 0 Å². The van der Waals surface area contributed by atoms with Gasteiger partial charge in [0.1, 0.15) is 0 Å². The number of hydrogen-bond donors (Lipinski definition) is 1. The SMILES string of the molecule is CC(=O)NCC1CCCN(Cc2nnc(C3CC3)o2)C1. The maximum absolute atomic E-state index is 11.0. The molecular weight excluding hydrogens is 256 g/mol. The fourth-order valence-electron chi connectivity index (χ4n) is 2.77. The molecule has 2 aliphatic rings. The molecule has 2 fully saturated rings. The van der Waals surface area contributed by atoms with E-state index >= 15 is 0 Å². The lowest BCUT2D eigenvalue weighted by atomic mass is 9.98. The van der Waals surface area contributed by atoms with Crippen LogP contribution in [0.1, 0.15) is 50.3 Å². The van der Waals surface area contributed by atoms with Crippen molar-refractivity contribution in [2.75, 3.05) is 19.6 Å². The lowest BCUT2D eigenvalue weighted by Gasteiger charge is -2.31. The second-order valence-corrected chi connectivity index (χ2v) is 5.99. The van der Waals surface area contributed by atoms with Gasteiger partial charge in [-0.15, -0.1) is 10.2 Å². The van der Waals surface area contributed by atoms with Crippen LogP contribution in [0, 0.1) is 5.92 Å². The van der Waals surface area contributed by atoms with Crippen LogP contribution in [0.4, 0.5) is 0 Å². The molecule has 6 nitrogen and oxygen atoms in total. The summed E-state index contributed by atoms with van der Waals surface area (Å²) in [6.45, 7) is 5.12. The van der Waals surface area contributed by atoms with Crippen LogP contribution in [-0.4, -0.2) is 40.6 Å². The summed E-state index contributed by atoms with van der Waals surface area (Å²) in [4.78, 5) is 13.3. The molecule has 20 heavy (non-hydrogen) atoms. The summed E-state index contributed by atoms with van der Waals surface area (Å²) < 4.78 is 5.71. The van der Waals surface area contributed by atoms with Crippen molar-refractivity contribution in [2.24, 2.45) is 5.92 Å². The van der Waals surface area contributed by atoms with Crippen molar-refractivity contribution in [1.29, 1.82) is 0 Å². The van der Waals surface area contributed by atoms with Gasteiger partial charge in [0.15, 0.2) is 0 Å². The molecule has 0 spiro atoms. The summed E-state index contributed by atoms with van der Waals surface area (Å²) in [6, 6.07) is 0. The van der Waals surface area contributed by atoms with E-state index in [-0.39, 0.29) is 5.91 Å². The highest BCUT2D eigenvalue weighted by Gasteiger charge is 2.30. The molecule has 1 amide bonds. The molecule has 1 saturated heterocycles. The molecule has 0 aromatic carbocycles. The maximum atomic E-state index is 11.0. The van der Waals surface area contributed by atoms with Crippen LogP contribution in [0.3, 0.4) is 0 Å². The van der Waals surface area contributed by atoms with Crippen LogP contribution in [0.2, 0.25) is 0 Å². The number of carbonyl (C=O) groups is 1. The molecule has 0 radical (unpaired) electrons. The van der Waals surface area contributed by atoms with Crippen molar-refractivity contribution < 1.29 is 9.21 Å². The third kappa shape index (κ3) is 3.56. The quantitative estimate of drug-likeness (QED) is 0.879. The van der Waals surface area contributed by atoms with Gasteiger partial charge in [0.2, 0.25) is 17.7 Å². The average molecular weight is 278 g/mol. The van der Waals surface area contributed by atoms with Gasteiger partial charge in [0.25, 0.3) is 0 Å². The highest BCUT2D eigenvalue weighted by Crippen LogP contribution is 2.39. The van der Waals surface area contributed by atoms with E-state index in [4.69, 9.17) is 4.42 Å². The van der Waals surface area contributed by atoms with E-state index in [1.54, 1.807) is 6.92 Å². The number of nitrogens with one attached hydrogen (secondary N) is 1. The number of piperidine rings is 1. The molecule has 1 aliphatic heterocycles. The predicted molar refractivity (Wildman–Crippen MR) is 73.0 cm³/mol. The van der Waals surface area contributed by atoms with E-state index in [2.05, 4.69) is 20.4 Å². The van der Waals surface area contributed by atoms with E-state index in [9.17, 15) is 4.79 Å². The van der Waals surface area contributed by atoms with Crippen molar-refractivity contribution in [2.45, 2.75) is 45.1 Å². The molecule has 1 atom stereocenters. The number of amides is 1. The highest BCUT2D eigenvalue weighted by molar-refractivity contribution is 5.72. The van der Waals surface area contributed by atoms with Crippen molar-refractivity contribution in [3.8, 4) is 0 Å². The molecule has 1 aromatic heterocycles. The third-order valence-electron chi connectivity index (χ3n) is 4.01. The van der Waals surface area contributed by atoms with Crippen molar-refractivity contribution >= 4 is 5.91 Å². The molecule has 0 bridgehead atoms. The number of rotatable bonds is 5. The molecule has 1 saturated carbocycles. The Hall–Kier alpha value is -1.43. The van der Waals surface area contributed by atoms with E-state index in [0.29, 0.717) is 11.8 Å². The first kappa shape index (κ1) is 13.5. The fraction of sp³-hybridized carbons (Fsp3) is 0.786. The second-order valence-electron chi connectivity index (χ2n) is 5.99. The van der Waals surface area contributed by atoms with E-state index in [1.807, 2.05) is 0 Å². The van der Waals surface area contributed by atoms with Gasteiger partial charge in [-0.3, -0.25) is 9.69 Å². The van der Waals surface area contributed by atoms with Crippen LogP contribution in [-0.2, 0) is 11.3 Å². The number of likely N-dealkylation sites (tertiary alicyclic amines) is 1. The summed E-state index contributed by atoms with van der Waals surface area (Å²) >= 11 is 0. The van der Waals surface area contributed by atoms with Gasteiger partial charge in [0, 0.05) is 25.9 Å². The van der Waals surface area contributed by atoms with Crippen LogP contribution in [0.5, 0.6) is 0 Å². The van der Waals surface area contributed by atoms with Crippen molar-refractivity contribution in [1.82, 2.24) is 20.4 Å². The standard InChI is InChI=1S/C14H22N4O2/c1-10(19)15-7-11-3-2-6-18(8-11)9-13-16-17-14(20-13)12-4-5-12/h11-12H,2-9H2,1H3,(H,15,19).